The molecule has 1 aromatic rings. The number of nitrogens with one attached hydrogen (secondary N) is 1. The number of halogens is 1. The van der Waals surface area contributed by atoms with Crippen LogP contribution in [0, 0.1) is 6.92 Å². The van der Waals surface area contributed by atoms with Gasteiger partial charge in [0.2, 0.25) is 0 Å². The van der Waals surface area contributed by atoms with E-state index in [2.05, 4.69) is 58.3 Å². The van der Waals surface area contributed by atoms with Crippen molar-refractivity contribution in [3.05, 3.63) is 28.2 Å². The largest absolute Gasteiger partial charge is 0.382 e. The highest BCUT2D eigenvalue weighted by Gasteiger charge is 2.17. The summed E-state index contributed by atoms with van der Waals surface area (Å²) in [6.45, 7) is 5.84. The van der Waals surface area contributed by atoms with Crippen LogP contribution in [0.1, 0.15) is 5.56 Å². The van der Waals surface area contributed by atoms with E-state index < -0.39 is 0 Å². The van der Waals surface area contributed by atoms with Crippen molar-refractivity contribution in [1.29, 1.82) is 0 Å². The van der Waals surface area contributed by atoms with Gasteiger partial charge in [-0.3, -0.25) is 0 Å². The zero-order chi connectivity index (χ0) is 12.3. The first-order valence-electron chi connectivity index (χ1n) is 5.95. The van der Waals surface area contributed by atoms with Gasteiger partial charge in [0, 0.05) is 29.8 Å². The highest BCUT2D eigenvalue weighted by molar-refractivity contribution is 9.10. The molecule has 1 heterocycles. The van der Waals surface area contributed by atoms with E-state index in [9.17, 15) is 0 Å². The van der Waals surface area contributed by atoms with Crippen molar-refractivity contribution in [2.24, 2.45) is 0 Å². The second-order valence-electron chi connectivity index (χ2n) is 4.60. The van der Waals surface area contributed by atoms with Crippen LogP contribution in [-0.4, -0.2) is 44.3 Å². The lowest BCUT2D eigenvalue weighted by molar-refractivity contribution is -0.0117. The van der Waals surface area contributed by atoms with E-state index in [1.165, 1.54) is 11.3 Å². The van der Waals surface area contributed by atoms with Gasteiger partial charge in [-0.05, 0) is 31.7 Å². The molecular weight excluding hydrogens is 280 g/mol. The Morgan fingerprint density at radius 3 is 3.12 bits per heavy atom. The number of morpholine rings is 1. The van der Waals surface area contributed by atoms with E-state index in [1.807, 2.05) is 0 Å². The van der Waals surface area contributed by atoms with Gasteiger partial charge in [0.1, 0.15) is 0 Å². The van der Waals surface area contributed by atoms with Crippen LogP contribution in [0.2, 0.25) is 0 Å². The molecule has 2 rings (SSSR count). The van der Waals surface area contributed by atoms with Gasteiger partial charge in [-0.25, -0.2) is 0 Å². The molecule has 1 aromatic carbocycles. The molecule has 1 fully saturated rings. The molecule has 94 valence electrons. The third-order valence-corrected chi connectivity index (χ3v) is 3.55. The van der Waals surface area contributed by atoms with Crippen LogP contribution in [-0.2, 0) is 4.74 Å². The minimum absolute atomic E-state index is 0.284. The maximum absolute atomic E-state index is 5.72. The molecule has 0 spiro atoms. The molecule has 1 saturated heterocycles. The summed E-state index contributed by atoms with van der Waals surface area (Å²) in [6, 6.07) is 6.29. The fourth-order valence-corrected chi connectivity index (χ4v) is 2.36. The third-order valence-electron chi connectivity index (χ3n) is 3.06. The highest BCUT2D eigenvalue weighted by Crippen LogP contribution is 2.20. The van der Waals surface area contributed by atoms with Crippen molar-refractivity contribution in [1.82, 2.24) is 4.90 Å². The van der Waals surface area contributed by atoms with Gasteiger partial charge in [-0.2, -0.15) is 0 Å². The number of rotatable bonds is 3. The van der Waals surface area contributed by atoms with E-state index in [4.69, 9.17) is 4.74 Å². The summed E-state index contributed by atoms with van der Waals surface area (Å²) in [5, 5.41) is 3.46. The fourth-order valence-electron chi connectivity index (χ4n) is 2.00. The minimum Gasteiger partial charge on any atom is -0.382 e. The molecule has 0 radical (unpaired) electrons. The summed E-state index contributed by atoms with van der Waals surface area (Å²) in [6.07, 6.45) is 0.284. The van der Waals surface area contributed by atoms with Gasteiger partial charge in [-0.15, -0.1) is 0 Å². The van der Waals surface area contributed by atoms with Crippen molar-refractivity contribution in [2.45, 2.75) is 13.0 Å². The van der Waals surface area contributed by atoms with E-state index in [-0.39, 0.29) is 6.10 Å². The predicted octanol–water partition coefficient (Wildman–Crippen LogP) is 2.50. The summed E-state index contributed by atoms with van der Waals surface area (Å²) in [7, 11) is 2.14. The molecule has 4 heteroatoms. The lowest BCUT2D eigenvalue weighted by Crippen LogP contribution is -2.43. The second kappa shape index (κ2) is 5.85. The Hall–Kier alpha value is -0.580. The van der Waals surface area contributed by atoms with Crippen LogP contribution >= 0.6 is 15.9 Å². The fraction of sp³-hybridized carbons (Fsp3) is 0.538. The molecule has 1 unspecified atom stereocenters. The van der Waals surface area contributed by atoms with Crippen LogP contribution < -0.4 is 5.32 Å². The van der Waals surface area contributed by atoms with Crippen LogP contribution in [0.25, 0.3) is 0 Å². The van der Waals surface area contributed by atoms with Crippen LogP contribution in [0.3, 0.4) is 0 Å². The highest BCUT2D eigenvalue weighted by atomic mass is 79.9. The van der Waals surface area contributed by atoms with Gasteiger partial charge in [0.15, 0.2) is 0 Å². The minimum atomic E-state index is 0.284. The van der Waals surface area contributed by atoms with Gasteiger partial charge in [0.25, 0.3) is 0 Å². The Kier molecular flexibility index (Phi) is 4.42. The topological polar surface area (TPSA) is 24.5 Å². The number of hydrogen-bond acceptors (Lipinski definition) is 3. The average Bonchev–Trinajstić information content (AvgIpc) is 2.30. The van der Waals surface area contributed by atoms with Gasteiger partial charge >= 0.3 is 0 Å². The molecule has 1 N–H and O–H groups in total. The Bertz CT molecular complexity index is 384. The van der Waals surface area contributed by atoms with E-state index in [0.29, 0.717) is 0 Å². The number of nitrogens with zero attached hydrogens (tertiary/aromatic N) is 1. The van der Waals surface area contributed by atoms with E-state index in [0.717, 1.165) is 30.7 Å². The van der Waals surface area contributed by atoms with Crippen LogP contribution in [0.4, 0.5) is 5.69 Å². The normalized spacial score (nSPS) is 21.5. The number of benzene rings is 1. The standard InChI is InChI=1S/C13H19BrN2O/c1-10-3-4-11(14)7-13(10)15-8-12-9-16(2)5-6-17-12/h3-4,7,12,15H,5-6,8-9H2,1-2H3. The van der Waals surface area contributed by atoms with Gasteiger partial charge < -0.3 is 15.0 Å². The lowest BCUT2D eigenvalue weighted by atomic mass is 10.2. The first kappa shape index (κ1) is 12.9. The lowest BCUT2D eigenvalue weighted by Gasteiger charge is -2.30. The zero-order valence-electron chi connectivity index (χ0n) is 10.4. The SMILES string of the molecule is Cc1ccc(Br)cc1NCC1CN(C)CCO1. The van der Waals surface area contributed by atoms with Crippen LogP contribution in [0.5, 0.6) is 0 Å². The van der Waals surface area contributed by atoms with Gasteiger partial charge in [-0.1, -0.05) is 22.0 Å². The van der Waals surface area contributed by atoms with Crippen molar-refractivity contribution in [2.75, 3.05) is 38.6 Å². The molecule has 1 aliphatic rings. The average molecular weight is 299 g/mol. The Morgan fingerprint density at radius 1 is 1.53 bits per heavy atom. The third kappa shape index (κ3) is 3.69. The molecule has 17 heavy (non-hydrogen) atoms. The van der Waals surface area contributed by atoms with Gasteiger partial charge in [0.05, 0.1) is 12.7 Å². The smallest absolute Gasteiger partial charge is 0.0874 e. The van der Waals surface area contributed by atoms with E-state index in [1.54, 1.807) is 0 Å². The number of anilines is 1. The maximum atomic E-state index is 5.72. The Morgan fingerprint density at radius 2 is 2.35 bits per heavy atom. The molecule has 1 aliphatic heterocycles. The monoisotopic (exact) mass is 298 g/mol. The molecule has 0 aliphatic carbocycles. The van der Waals surface area contributed by atoms with E-state index >= 15 is 0 Å². The molecule has 3 nitrogen and oxygen atoms in total. The summed E-state index contributed by atoms with van der Waals surface area (Å²) in [5.41, 5.74) is 2.44. The summed E-state index contributed by atoms with van der Waals surface area (Å²) >= 11 is 3.49. The molecule has 0 bridgehead atoms. The molecule has 0 saturated carbocycles. The van der Waals surface area contributed by atoms with Crippen molar-refractivity contribution in [3.63, 3.8) is 0 Å². The predicted molar refractivity (Wildman–Crippen MR) is 74.6 cm³/mol. The maximum Gasteiger partial charge on any atom is 0.0874 e. The van der Waals surface area contributed by atoms with Crippen molar-refractivity contribution >= 4 is 21.6 Å². The quantitative estimate of drug-likeness (QED) is 0.928. The molecule has 1 atom stereocenters. The van der Waals surface area contributed by atoms with Crippen molar-refractivity contribution in [3.8, 4) is 0 Å². The Balaban J connectivity index is 1.90. The summed E-state index contributed by atoms with van der Waals surface area (Å²) in [4.78, 5) is 2.31. The second-order valence-corrected chi connectivity index (χ2v) is 5.51. The number of hydrogen-bond donors (Lipinski definition) is 1. The molecular formula is C13H19BrN2O. The first-order valence-corrected chi connectivity index (χ1v) is 6.74. The molecule has 0 aromatic heterocycles. The summed E-state index contributed by atoms with van der Waals surface area (Å²) in [5.74, 6) is 0. The van der Waals surface area contributed by atoms with Crippen molar-refractivity contribution < 1.29 is 4.74 Å². The summed E-state index contributed by atoms with van der Waals surface area (Å²) < 4.78 is 6.83. The zero-order valence-corrected chi connectivity index (χ0v) is 12.0. The first-order chi connectivity index (χ1) is 8.15. The Labute approximate surface area is 111 Å². The van der Waals surface area contributed by atoms with Crippen LogP contribution in [0.15, 0.2) is 22.7 Å². The number of likely N-dealkylation sites (N-methyl/N-ethyl adjacent to an activating group) is 1. The number of aryl methyl sites for hydroxylation is 1. The number of ether oxygens (including phenoxy) is 1. The molecule has 0 amide bonds.